The van der Waals surface area contributed by atoms with Crippen molar-refractivity contribution in [3.8, 4) is 22.5 Å². The van der Waals surface area contributed by atoms with Gasteiger partial charge in [-0.1, -0.05) is 6.07 Å². The van der Waals surface area contributed by atoms with Crippen molar-refractivity contribution in [3.63, 3.8) is 0 Å². The van der Waals surface area contributed by atoms with Gasteiger partial charge >= 0.3 is 6.18 Å². The van der Waals surface area contributed by atoms with E-state index in [-0.39, 0.29) is 22.8 Å². The van der Waals surface area contributed by atoms with E-state index in [1.807, 2.05) is 6.92 Å². The predicted octanol–water partition coefficient (Wildman–Crippen LogP) is 4.44. The Morgan fingerprint density at radius 2 is 1.71 bits per heavy atom. The zero-order valence-electron chi connectivity index (χ0n) is 20.4. The summed E-state index contributed by atoms with van der Waals surface area (Å²) in [5, 5.41) is 5.17. The molecular weight excluding hydrogens is 501 g/mol. The summed E-state index contributed by atoms with van der Waals surface area (Å²) in [6, 6.07) is 11.5. The Morgan fingerprint density at radius 1 is 0.947 bits per heavy atom. The lowest BCUT2D eigenvalue weighted by molar-refractivity contribution is -0.141. The van der Waals surface area contributed by atoms with Crippen LogP contribution in [0.2, 0.25) is 0 Å². The molecule has 0 saturated carbocycles. The fraction of sp³-hybridized carbons (Fsp3) is 0.154. The Balaban J connectivity index is 1.70. The number of nitrogens with zero attached hydrogens (tertiary/aromatic N) is 4. The van der Waals surface area contributed by atoms with Gasteiger partial charge in [-0.2, -0.15) is 13.2 Å². The van der Waals surface area contributed by atoms with Crippen LogP contribution < -0.4 is 16.2 Å². The normalized spacial score (nSPS) is 11.2. The number of halogens is 3. The number of amides is 2. The molecule has 3 heterocycles. The number of hydrogen-bond acceptors (Lipinski definition) is 6. The lowest BCUT2D eigenvalue weighted by Crippen LogP contribution is -2.18. The SMILES string of the molecule is CC(=O)Nc1cc(-c2cc(-c3cc(NC(=O)c4ccnc(C(F)(F)F)c4)ccc3C)cc(=O)n2C)ncn1. The van der Waals surface area contributed by atoms with E-state index < -0.39 is 17.8 Å². The summed E-state index contributed by atoms with van der Waals surface area (Å²) in [5.74, 6) is -0.789. The van der Waals surface area contributed by atoms with Crippen molar-refractivity contribution in [3.05, 3.63) is 88.2 Å². The Bertz CT molecular complexity index is 1610. The molecule has 4 aromatic rings. The molecule has 194 valence electrons. The minimum Gasteiger partial charge on any atom is -0.322 e. The summed E-state index contributed by atoms with van der Waals surface area (Å²) in [6.07, 6.45) is -2.50. The maximum Gasteiger partial charge on any atom is 0.433 e. The van der Waals surface area contributed by atoms with E-state index in [9.17, 15) is 27.6 Å². The first-order chi connectivity index (χ1) is 17.9. The van der Waals surface area contributed by atoms with Gasteiger partial charge in [0, 0.05) is 43.6 Å². The van der Waals surface area contributed by atoms with E-state index in [1.165, 1.54) is 36.0 Å². The summed E-state index contributed by atoms with van der Waals surface area (Å²) in [5.41, 5.74) is 1.38. The van der Waals surface area contributed by atoms with Gasteiger partial charge in [0.25, 0.3) is 11.5 Å². The van der Waals surface area contributed by atoms with Crippen LogP contribution in [0.25, 0.3) is 22.5 Å². The van der Waals surface area contributed by atoms with Crippen LogP contribution in [0.1, 0.15) is 28.5 Å². The topological polar surface area (TPSA) is 119 Å². The second kappa shape index (κ2) is 10.2. The first-order valence-electron chi connectivity index (χ1n) is 11.2. The summed E-state index contributed by atoms with van der Waals surface area (Å²) < 4.78 is 40.4. The van der Waals surface area contributed by atoms with Crippen molar-refractivity contribution >= 4 is 23.3 Å². The Labute approximate surface area is 214 Å². The second-order valence-electron chi connectivity index (χ2n) is 8.41. The first kappa shape index (κ1) is 26.2. The van der Waals surface area contributed by atoms with Crippen LogP contribution in [-0.4, -0.2) is 31.3 Å². The molecule has 1 aromatic carbocycles. The van der Waals surface area contributed by atoms with E-state index in [4.69, 9.17) is 0 Å². The summed E-state index contributed by atoms with van der Waals surface area (Å²) >= 11 is 0. The van der Waals surface area contributed by atoms with Gasteiger partial charge in [0.2, 0.25) is 5.91 Å². The van der Waals surface area contributed by atoms with Crippen LogP contribution in [0, 0.1) is 6.92 Å². The van der Waals surface area contributed by atoms with E-state index in [0.29, 0.717) is 34.3 Å². The van der Waals surface area contributed by atoms with Gasteiger partial charge in [-0.05, 0) is 53.9 Å². The van der Waals surface area contributed by atoms with Crippen molar-refractivity contribution in [1.82, 2.24) is 19.5 Å². The fourth-order valence-corrected chi connectivity index (χ4v) is 3.72. The molecule has 0 unspecified atom stereocenters. The van der Waals surface area contributed by atoms with Crippen molar-refractivity contribution in [2.24, 2.45) is 7.05 Å². The quantitative estimate of drug-likeness (QED) is 0.400. The zero-order valence-corrected chi connectivity index (χ0v) is 20.4. The second-order valence-corrected chi connectivity index (χ2v) is 8.41. The molecule has 0 aliphatic carbocycles. The average Bonchev–Trinajstić information content (AvgIpc) is 2.86. The molecule has 0 aliphatic rings. The van der Waals surface area contributed by atoms with Crippen LogP contribution in [0.3, 0.4) is 0 Å². The highest BCUT2D eigenvalue weighted by Crippen LogP contribution is 2.30. The Kier molecular flexibility index (Phi) is 7.06. The molecule has 3 aromatic heterocycles. The maximum absolute atomic E-state index is 13.0. The van der Waals surface area contributed by atoms with Crippen LogP contribution >= 0.6 is 0 Å². The molecule has 0 fully saturated rings. The van der Waals surface area contributed by atoms with Crippen LogP contribution in [-0.2, 0) is 18.0 Å². The number of rotatable bonds is 5. The van der Waals surface area contributed by atoms with Crippen molar-refractivity contribution in [2.45, 2.75) is 20.0 Å². The van der Waals surface area contributed by atoms with Gasteiger partial charge in [-0.15, -0.1) is 0 Å². The molecule has 2 amide bonds. The van der Waals surface area contributed by atoms with Gasteiger partial charge in [-0.25, -0.2) is 9.97 Å². The number of nitrogens with one attached hydrogen (secondary N) is 2. The first-order valence-corrected chi connectivity index (χ1v) is 11.2. The summed E-state index contributed by atoms with van der Waals surface area (Å²) in [6.45, 7) is 3.16. The van der Waals surface area contributed by atoms with E-state index >= 15 is 0 Å². The Hall–Kier alpha value is -4.87. The van der Waals surface area contributed by atoms with E-state index in [1.54, 1.807) is 31.3 Å². The van der Waals surface area contributed by atoms with Crippen LogP contribution in [0.4, 0.5) is 24.7 Å². The highest BCUT2D eigenvalue weighted by atomic mass is 19.4. The molecule has 0 spiro atoms. The van der Waals surface area contributed by atoms with E-state index in [2.05, 4.69) is 25.6 Å². The predicted molar refractivity (Wildman–Crippen MR) is 134 cm³/mol. The molecule has 0 atom stereocenters. The molecule has 12 heteroatoms. The summed E-state index contributed by atoms with van der Waals surface area (Å²) in [4.78, 5) is 48.4. The lowest BCUT2D eigenvalue weighted by atomic mass is 9.99. The van der Waals surface area contributed by atoms with Gasteiger partial charge in [-0.3, -0.25) is 19.4 Å². The largest absolute Gasteiger partial charge is 0.433 e. The van der Waals surface area contributed by atoms with Crippen LogP contribution in [0.5, 0.6) is 0 Å². The van der Waals surface area contributed by atoms with Gasteiger partial charge in [0.1, 0.15) is 17.8 Å². The molecule has 2 N–H and O–H groups in total. The van der Waals surface area contributed by atoms with Crippen LogP contribution in [0.15, 0.2) is 65.8 Å². The number of carbonyl (C=O) groups is 2. The molecular formula is C26H21F3N6O3. The molecule has 0 aliphatic heterocycles. The maximum atomic E-state index is 13.0. The zero-order chi connectivity index (χ0) is 27.6. The van der Waals surface area contributed by atoms with Gasteiger partial charge in [0.05, 0.1) is 11.4 Å². The average molecular weight is 522 g/mol. The third-order valence-corrected chi connectivity index (χ3v) is 5.62. The number of aryl methyl sites for hydroxylation is 1. The summed E-state index contributed by atoms with van der Waals surface area (Å²) in [7, 11) is 1.58. The highest BCUT2D eigenvalue weighted by molar-refractivity contribution is 6.04. The van der Waals surface area contributed by atoms with Gasteiger partial charge < -0.3 is 15.2 Å². The van der Waals surface area contributed by atoms with Gasteiger partial charge in [0.15, 0.2) is 0 Å². The molecule has 4 rings (SSSR count). The third-order valence-electron chi connectivity index (χ3n) is 5.62. The number of pyridine rings is 2. The standard InChI is InChI=1S/C26H21F3N6O3/c1-14-4-5-18(34-25(38)16-6-7-30-22(9-16)26(27,28)29)11-19(14)17-8-21(35(3)24(37)10-17)20-12-23(32-13-31-20)33-15(2)36/h4-13H,1-3H3,(H,34,38)(H,31,32,33,36). The minimum absolute atomic E-state index is 0.205. The molecule has 0 saturated heterocycles. The highest BCUT2D eigenvalue weighted by Gasteiger charge is 2.33. The monoisotopic (exact) mass is 522 g/mol. The fourth-order valence-electron chi connectivity index (χ4n) is 3.72. The van der Waals surface area contributed by atoms with Crippen molar-refractivity contribution < 1.29 is 22.8 Å². The molecule has 38 heavy (non-hydrogen) atoms. The van der Waals surface area contributed by atoms with Crippen molar-refractivity contribution in [2.75, 3.05) is 10.6 Å². The lowest BCUT2D eigenvalue weighted by Gasteiger charge is -2.14. The number of benzene rings is 1. The minimum atomic E-state index is -4.68. The number of anilines is 2. The Morgan fingerprint density at radius 3 is 2.42 bits per heavy atom. The number of aromatic nitrogens is 4. The number of hydrogen-bond donors (Lipinski definition) is 2. The third kappa shape index (κ3) is 5.75. The molecule has 0 bridgehead atoms. The molecule has 9 nitrogen and oxygen atoms in total. The number of carbonyl (C=O) groups excluding carboxylic acids is 2. The molecule has 0 radical (unpaired) electrons. The smallest absolute Gasteiger partial charge is 0.322 e. The van der Waals surface area contributed by atoms with Crippen molar-refractivity contribution in [1.29, 1.82) is 0 Å². The number of alkyl halides is 3. The van der Waals surface area contributed by atoms with E-state index in [0.717, 1.165) is 11.8 Å².